The Morgan fingerprint density at radius 2 is 0.774 bits per heavy atom. The number of fused-ring (bicyclic) bond motifs is 2. The number of rotatable bonds is 51. The first-order chi connectivity index (χ1) is 52.8. The van der Waals surface area contributed by atoms with Gasteiger partial charge in [0, 0.05) is 251 Å². The Balaban J connectivity index is -0.000000167. The van der Waals surface area contributed by atoms with E-state index in [1.165, 1.54) is 58.8 Å². The molecule has 659 valence electrons. The molecule has 3 radical (unpaired) electrons. The van der Waals surface area contributed by atoms with Gasteiger partial charge in [0.15, 0.2) is 0 Å². The maximum absolute atomic E-state index is 12.9. The number of aliphatic hydroxyl groups excluding tert-OH is 2. The van der Waals surface area contributed by atoms with Crippen molar-refractivity contribution < 1.29 is 200 Å². The zero-order valence-electron chi connectivity index (χ0n) is 71.2. The normalized spacial score (nSPS) is 15.8. The average Bonchev–Trinajstić information content (AvgIpc) is 1.53. The van der Waals surface area contributed by atoms with Crippen LogP contribution < -0.4 is 54.0 Å². The topological polar surface area (TPSA) is 518 Å². The van der Waals surface area contributed by atoms with Crippen LogP contribution in [0.3, 0.4) is 0 Å². The maximum Gasteiger partial charge on any atom is 0.317 e. The molecule has 2 bridgehead atoms. The fraction of sp³-hybridized carbons (Fsp3) is 0.760. The molecule has 1 saturated heterocycles. The fourth-order valence-corrected chi connectivity index (χ4v) is 12.2. The summed E-state index contributed by atoms with van der Waals surface area (Å²) in [6, 6.07) is 0.310. The predicted molar refractivity (Wildman–Crippen MR) is 445 cm³/mol. The summed E-state index contributed by atoms with van der Waals surface area (Å²) in [7, 11) is 6.00. The molecule has 2 heterocycles. The smallest absolute Gasteiger partial charge is 0.317 e. The van der Waals surface area contributed by atoms with Crippen molar-refractivity contribution in [3.63, 3.8) is 0 Å². The summed E-state index contributed by atoms with van der Waals surface area (Å²) in [5.41, 5.74) is 10.5. The van der Waals surface area contributed by atoms with Gasteiger partial charge in [-0.15, -0.1) is 19.3 Å². The van der Waals surface area contributed by atoms with Crippen molar-refractivity contribution >= 4 is 142 Å². The fourth-order valence-electron chi connectivity index (χ4n) is 9.82. The Labute approximate surface area is 776 Å². The van der Waals surface area contributed by atoms with Gasteiger partial charge in [0.05, 0.1) is 61.7 Å². The molecule has 0 aromatic carbocycles. The number of carbonyl (C=O) groups is 13. The number of hydrogen-bond donors (Lipinski definition) is 14. The van der Waals surface area contributed by atoms with Crippen LogP contribution in [0.4, 0.5) is 0 Å². The van der Waals surface area contributed by atoms with E-state index in [1.54, 1.807) is 59.6 Å². The van der Waals surface area contributed by atoms with Crippen molar-refractivity contribution in [2.45, 2.75) is 214 Å². The number of nitrogens with zero attached hydrogens (tertiary/aromatic N) is 2. The maximum atomic E-state index is 12.9. The van der Waals surface area contributed by atoms with E-state index in [0.29, 0.717) is 50.3 Å². The Bertz CT molecular complexity index is 2690. The van der Waals surface area contributed by atoms with E-state index < -0.39 is 53.1 Å². The number of ketones is 3. The minimum atomic E-state index is -1.09. The summed E-state index contributed by atoms with van der Waals surface area (Å²) in [6.07, 6.45) is 20.6. The number of ether oxygens (including phenoxy) is 1. The van der Waals surface area contributed by atoms with Gasteiger partial charge in [0.25, 0.3) is 0 Å². The van der Waals surface area contributed by atoms with E-state index in [1.807, 2.05) is 59.0 Å². The number of aliphatic carboxylic acids is 2. The van der Waals surface area contributed by atoms with Gasteiger partial charge >= 0.3 is 11.9 Å². The molecule has 115 heavy (non-hydrogen) atoms. The molecule has 16 N–H and O–H groups in total. The zero-order valence-corrected chi connectivity index (χ0v) is 83.0. The van der Waals surface area contributed by atoms with Crippen LogP contribution >= 0.6 is 47.0 Å². The Kier molecular flexibility index (Phi) is 95.5. The SMILES string of the molecule is CCCCNC(=O)C1=C(C(=O)NC)C2OC1C(C)(CC(C)=O)C2(C)C[C-]=O.CCCCNC(=O)CCC(C)=O.CCCCNC(=O)CCC(C)=O.CCCCNC(=O)CN(CCN(CC(=O)O)CC(=O)NC)CC(=O)O.CNC(=O)CC[C-]=O.CNC(=O)CC[C-]=O.CSCC(N)C(N)CSC.CSCC(O)C(O)CSC.[Y].[Y].[Y]. The molecule has 2 aliphatic rings. The summed E-state index contributed by atoms with van der Waals surface area (Å²) < 4.78 is 6.11. The third-order valence-electron chi connectivity index (χ3n) is 16.4. The Morgan fingerprint density at radius 1 is 0.443 bits per heavy atom. The van der Waals surface area contributed by atoms with Crippen molar-refractivity contribution in [3.8, 4) is 0 Å². The van der Waals surface area contributed by atoms with Crippen LogP contribution in [0.5, 0.6) is 0 Å². The van der Waals surface area contributed by atoms with Crippen LogP contribution in [0.15, 0.2) is 11.1 Å². The van der Waals surface area contributed by atoms with E-state index in [0.717, 1.165) is 76.0 Å². The minimum Gasteiger partial charge on any atom is -0.542 e. The molecule has 33 nitrogen and oxygen atoms in total. The minimum absolute atomic E-state index is 0. The van der Waals surface area contributed by atoms with Crippen LogP contribution in [-0.2, 0) is 180 Å². The molecule has 0 aromatic heterocycles. The number of aliphatic hydroxyl groups is 2. The van der Waals surface area contributed by atoms with Crippen LogP contribution in [0.25, 0.3) is 0 Å². The summed E-state index contributed by atoms with van der Waals surface area (Å²) in [4.78, 5) is 179. The molecular weight excluding hydrogens is 1800 g/mol. The molecule has 0 aliphatic carbocycles. The molecule has 0 saturated carbocycles. The Morgan fingerprint density at radius 3 is 1.07 bits per heavy atom. The number of unbranched alkanes of at least 4 members (excludes halogenated alkanes) is 4. The summed E-state index contributed by atoms with van der Waals surface area (Å²) >= 11 is 6.59. The molecule has 0 spiro atoms. The summed E-state index contributed by atoms with van der Waals surface area (Å²) in [5, 5.41) is 57.0. The van der Waals surface area contributed by atoms with Gasteiger partial charge in [-0.25, -0.2) is 0 Å². The van der Waals surface area contributed by atoms with E-state index >= 15 is 0 Å². The van der Waals surface area contributed by atoms with E-state index in [9.17, 15) is 76.7 Å². The largest absolute Gasteiger partial charge is 0.542 e. The first-order valence-electron chi connectivity index (χ1n) is 37.4. The van der Waals surface area contributed by atoms with Gasteiger partial charge in [0.1, 0.15) is 17.3 Å². The number of thioether (sulfide) groups is 4. The Hall–Kier alpha value is -3.11. The summed E-state index contributed by atoms with van der Waals surface area (Å²) in [6.45, 7) is 18.2. The van der Waals surface area contributed by atoms with Crippen molar-refractivity contribution in [2.24, 2.45) is 22.3 Å². The summed E-state index contributed by atoms with van der Waals surface area (Å²) in [5.74, 6) is -0.588. The predicted octanol–water partition coefficient (Wildman–Crippen LogP) is 2.22. The van der Waals surface area contributed by atoms with E-state index in [2.05, 4.69) is 56.4 Å². The van der Waals surface area contributed by atoms with Gasteiger partial charge in [-0.3, -0.25) is 76.6 Å². The second kappa shape index (κ2) is 84.5. The van der Waals surface area contributed by atoms with Crippen LogP contribution in [0, 0.1) is 10.8 Å². The zero-order chi connectivity index (χ0) is 87.2. The standard InChI is InChI=1S/C20H29N2O5.C15H28N4O6.2C9H17NO2.C6H16N2S2.C6H14O2S2.2C5H8NO2.3Y/c1-6-7-9-22-18(26)14-13(17(25)21-5)15-19(3,8-10-23)20(4,11-12(2)24)16(14)27-15;1-3-4-5-17-13(21)9-19(11-15(24)25)7-6-18(10-14(22)23)8-12(20)16-2;2*1-3-4-7-10-9(12)6-5-8(2)11;2*1-9-3-5(7)6(8)4-10-2;2*1-6-5(8)3-2-4-7;;;/h15-16H,6-9,11H2,1-5H3,(H,21,25)(H,22,26);3-11H2,1-2H3,(H,16,20)(H,17,21)(H,22,23)(H,24,25);2*3-7H2,1-2H3,(H,10,12);5-6H,3-4,7-8H2,1-2H3;5-8H,3-4H2,1-2H3;2*2-3H2,1H3,(H,6,8);;;/q-1;;;;;;2*-1;;;. The molecular formula is C75H137N12O21S4Y3-3. The van der Waals surface area contributed by atoms with Gasteiger partial charge in [0.2, 0.25) is 47.3 Å². The molecule has 8 atom stereocenters. The molecule has 40 heteroatoms. The molecule has 1 fully saturated rings. The molecule has 2 aliphatic heterocycles. The third-order valence-corrected chi connectivity index (χ3v) is 19.2. The monoisotopic (exact) mass is 1940 g/mol. The first kappa shape index (κ1) is 130. The molecule has 8 unspecified atom stereocenters. The molecule has 2 rings (SSSR count). The van der Waals surface area contributed by atoms with Gasteiger partial charge in [-0.2, -0.15) is 47.0 Å². The van der Waals surface area contributed by atoms with Crippen molar-refractivity contribution in [1.82, 2.24) is 52.3 Å². The number of nitrogens with two attached hydrogens (primary N) is 2. The van der Waals surface area contributed by atoms with Crippen molar-refractivity contribution in [3.05, 3.63) is 11.1 Å². The molecule has 0 aromatic rings. The number of likely N-dealkylation sites (N-methyl/N-ethyl adjacent to an activating group) is 2. The number of carboxylic acids is 2. The van der Waals surface area contributed by atoms with Gasteiger partial charge < -0.3 is 108 Å². The van der Waals surface area contributed by atoms with Gasteiger partial charge in [-0.05, 0) is 76.9 Å². The third kappa shape index (κ3) is 69.2. The number of amides is 8. The molecule has 8 amide bonds. The quantitative estimate of drug-likeness (QED) is 0.0307. The number of Topliss-reactive ketones (excluding diaryl/α,β-unsaturated/α-hetero) is 3. The second-order valence-electron chi connectivity index (χ2n) is 26.3. The number of carbonyl (C=O) groups excluding carboxylic acids is 14. The average molecular weight is 1940 g/mol. The number of nitrogens with one attached hydrogen (secondary N) is 8. The van der Waals surface area contributed by atoms with E-state index in [4.69, 9.17) is 36.6 Å². The van der Waals surface area contributed by atoms with Crippen molar-refractivity contribution in [1.29, 1.82) is 0 Å². The van der Waals surface area contributed by atoms with Gasteiger partial charge in [-0.1, -0.05) is 67.2 Å². The van der Waals surface area contributed by atoms with Crippen LogP contribution in [-0.4, -0.2) is 304 Å². The number of hydrogen-bond acceptors (Lipinski definition) is 27. The van der Waals surface area contributed by atoms with Crippen LogP contribution in [0.2, 0.25) is 0 Å². The van der Waals surface area contributed by atoms with E-state index in [-0.39, 0.29) is 258 Å². The second-order valence-corrected chi connectivity index (χ2v) is 29.9. The van der Waals surface area contributed by atoms with Crippen LogP contribution in [0.1, 0.15) is 178 Å². The van der Waals surface area contributed by atoms with Crippen molar-refractivity contribution in [2.75, 3.05) is 142 Å². The first-order valence-corrected chi connectivity index (χ1v) is 43.0. The number of carboxylic acid groups (broad SMARTS) is 2.